The molecular weight excluding hydrogens is 264 g/mol. The summed E-state index contributed by atoms with van der Waals surface area (Å²) in [6.07, 6.45) is -0.699. The molecule has 0 saturated carbocycles. The third-order valence-corrected chi connectivity index (χ3v) is 3.84. The Balaban J connectivity index is 1.87. The van der Waals surface area contributed by atoms with Gasteiger partial charge in [-0.15, -0.1) is 0 Å². The zero-order valence-electron chi connectivity index (χ0n) is 12.0. The van der Waals surface area contributed by atoms with Crippen molar-refractivity contribution >= 4 is 5.69 Å². The van der Waals surface area contributed by atoms with Gasteiger partial charge in [0.2, 0.25) is 0 Å². The maximum Gasteiger partial charge on any atom is 0.185 e. The number of hydrogen-bond acceptors (Lipinski definition) is 4. The monoisotopic (exact) mass is 284 g/mol. The topological polar surface area (TPSA) is 70.5 Å². The van der Waals surface area contributed by atoms with Crippen molar-refractivity contribution in [3.63, 3.8) is 0 Å². The summed E-state index contributed by atoms with van der Waals surface area (Å²) in [5.74, 6) is 0. The van der Waals surface area contributed by atoms with E-state index in [4.69, 9.17) is 20.9 Å². The van der Waals surface area contributed by atoms with Crippen LogP contribution >= 0.6 is 0 Å². The van der Waals surface area contributed by atoms with E-state index in [-0.39, 0.29) is 18.2 Å². The molecular formula is C17H20N2O2. The lowest BCUT2D eigenvalue weighted by atomic mass is 9.97. The fourth-order valence-corrected chi connectivity index (χ4v) is 2.54. The number of anilines is 1. The van der Waals surface area contributed by atoms with Crippen LogP contribution in [-0.4, -0.2) is 12.1 Å². The van der Waals surface area contributed by atoms with Crippen LogP contribution in [0.15, 0.2) is 54.6 Å². The van der Waals surface area contributed by atoms with Gasteiger partial charge in [-0.2, -0.15) is 0 Å². The van der Waals surface area contributed by atoms with Crippen molar-refractivity contribution in [3.05, 3.63) is 65.7 Å². The lowest BCUT2D eigenvalue weighted by Gasteiger charge is -2.39. The lowest BCUT2D eigenvalue weighted by Crippen LogP contribution is -2.46. The van der Waals surface area contributed by atoms with Gasteiger partial charge in [-0.3, -0.25) is 0 Å². The van der Waals surface area contributed by atoms with Gasteiger partial charge in [0.15, 0.2) is 6.29 Å². The van der Waals surface area contributed by atoms with Crippen LogP contribution in [0.5, 0.6) is 0 Å². The molecule has 0 aromatic heterocycles. The number of hydrogen-bond donors (Lipinski definition) is 2. The summed E-state index contributed by atoms with van der Waals surface area (Å²) in [4.78, 5) is 0. The standard InChI is InChI=1S/C17H20N2O2/c1-11-15(19)16(12-7-9-14(18)10-8-12)21-17(20-11)13-5-3-2-4-6-13/h2-11,15-17H,18-19H2,1H3. The predicted molar refractivity (Wildman–Crippen MR) is 82.4 cm³/mol. The first-order valence-electron chi connectivity index (χ1n) is 7.12. The quantitative estimate of drug-likeness (QED) is 0.832. The van der Waals surface area contributed by atoms with Crippen LogP contribution in [0.4, 0.5) is 5.69 Å². The lowest BCUT2D eigenvalue weighted by molar-refractivity contribution is -0.254. The number of rotatable bonds is 2. The van der Waals surface area contributed by atoms with Crippen LogP contribution in [0.3, 0.4) is 0 Å². The summed E-state index contributed by atoms with van der Waals surface area (Å²) in [6.45, 7) is 1.98. The number of nitrogens with two attached hydrogens (primary N) is 2. The Bertz CT molecular complexity index is 585. The summed E-state index contributed by atoms with van der Waals surface area (Å²) < 4.78 is 12.0. The highest BCUT2D eigenvalue weighted by atomic mass is 16.7. The van der Waals surface area contributed by atoms with Gasteiger partial charge in [0.25, 0.3) is 0 Å². The Hall–Kier alpha value is -1.88. The minimum absolute atomic E-state index is 0.0912. The Morgan fingerprint density at radius 2 is 1.52 bits per heavy atom. The minimum atomic E-state index is -0.399. The first-order chi connectivity index (χ1) is 10.1. The summed E-state index contributed by atoms with van der Waals surface area (Å²) in [5.41, 5.74) is 14.7. The normalized spacial score (nSPS) is 29.2. The fraction of sp³-hybridized carbons (Fsp3) is 0.294. The van der Waals surface area contributed by atoms with Crippen molar-refractivity contribution < 1.29 is 9.47 Å². The zero-order valence-corrected chi connectivity index (χ0v) is 12.0. The molecule has 1 heterocycles. The van der Waals surface area contributed by atoms with Crippen molar-refractivity contribution in [2.24, 2.45) is 5.73 Å². The molecule has 1 aliphatic heterocycles. The molecule has 1 aliphatic rings. The summed E-state index contributed by atoms with van der Waals surface area (Å²) in [5, 5.41) is 0. The van der Waals surface area contributed by atoms with E-state index < -0.39 is 6.29 Å². The van der Waals surface area contributed by atoms with E-state index in [1.165, 1.54) is 0 Å². The predicted octanol–water partition coefficient (Wildman–Crippen LogP) is 2.77. The van der Waals surface area contributed by atoms with Gasteiger partial charge in [0, 0.05) is 11.3 Å². The molecule has 0 bridgehead atoms. The van der Waals surface area contributed by atoms with Gasteiger partial charge in [-0.1, -0.05) is 42.5 Å². The Kier molecular flexibility index (Phi) is 3.92. The first kappa shape index (κ1) is 14.1. The summed E-state index contributed by atoms with van der Waals surface area (Å²) >= 11 is 0. The Morgan fingerprint density at radius 3 is 2.19 bits per heavy atom. The number of nitrogen functional groups attached to an aromatic ring is 1. The molecule has 0 spiro atoms. The van der Waals surface area contributed by atoms with Crippen LogP contribution in [0.1, 0.15) is 30.4 Å². The number of ether oxygens (including phenoxy) is 2. The van der Waals surface area contributed by atoms with E-state index >= 15 is 0 Å². The van der Waals surface area contributed by atoms with Crippen molar-refractivity contribution in [1.82, 2.24) is 0 Å². The maximum absolute atomic E-state index is 6.25. The van der Waals surface area contributed by atoms with Gasteiger partial charge < -0.3 is 20.9 Å². The molecule has 21 heavy (non-hydrogen) atoms. The molecule has 110 valence electrons. The minimum Gasteiger partial charge on any atom is -0.399 e. The van der Waals surface area contributed by atoms with Gasteiger partial charge in [-0.05, 0) is 24.6 Å². The molecule has 1 saturated heterocycles. The molecule has 2 aromatic carbocycles. The van der Waals surface area contributed by atoms with Crippen LogP contribution in [0.2, 0.25) is 0 Å². The highest BCUT2D eigenvalue weighted by molar-refractivity contribution is 5.40. The molecule has 0 aliphatic carbocycles. The smallest absolute Gasteiger partial charge is 0.185 e. The van der Waals surface area contributed by atoms with E-state index in [1.54, 1.807) is 0 Å². The van der Waals surface area contributed by atoms with Gasteiger partial charge in [0.1, 0.15) is 6.10 Å². The molecule has 4 N–H and O–H groups in total. The van der Waals surface area contributed by atoms with Gasteiger partial charge in [-0.25, -0.2) is 0 Å². The second-order valence-electron chi connectivity index (χ2n) is 5.38. The van der Waals surface area contributed by atoms with Crippen molar-refractivity contribution in [1.29, 1.82) is 0 Å². The fourth-order valence-electron chi connectivity index (χ4n) is 2.54. The zero-order chi connectivity index (χ0) is 14.8. The van der Waals surface area contributed by atoms with E-state index in [2.05, 4.69) is 0 Å². The summed E-state index contributed by atoms with van der Waals surface area (Å²) in [7, 11) is 0. The van der Waals surface area contributed by atoms with Crippen LogP contribution in [-0.2, 0) is 9.47 Å². The molecule has 0 radical (unpaired) electrons. The second kappa shape index (κ2) is 5.85. The average Bonchev–Trinajstić information content (AvgIpc) is 2.52. The molecule has 2 aromatic rings. The molecule has 4 atom stereocenters. The largest absolute Gasteiger partial charge is 0.399 e. The van der Waals surface area contributed by atoms with Crippen LogP contribution in [0, 0.1) is 0 Å². The average molecular weight is 284 g/mol. The molecule has 4 unspecified atom stereocenters. The molecule has 4 nitrogen and oxygen atoms in total. The maximum atomic E-state index is 6.25. The Labute approximate surface area is 124 Å². The van der Waals surface area contributed by atoms with Crippen molar-refractivity contribution in [3.8, 4) is 0 Å². The van der Waals surface area contributed by atoms with Gasteiger partial charge >= 0.3 is 0 Å². The Morgan fingerprint density at radius 1 is 0.857 bits per heavy atom. The van der Waals surface area contributed by atoms with Crippen molar-refractivity contribution in [2.45, 2.75) is 31.5 Å². The van der Waals surface area contributed by atoms with Gasteiger partial charge in [0.05, 0.1) is 12.1 Å². The van der Waals surface area contributed by atoms with Crippen LogP contribution in [0.25, 0.3) is 0 Å². The molecule has 0 amide bonds. The van der Waals surface area contributed by atoms with E-state index in [9.17, 15) is 0 Å². The van der Waals surface area contributed by atoms with Crippen LogP contribution < -0.4 is 11.5 Å². The second-order valence-corrected chi connectivity index (χ2v) is 5.38. The highest BCUT2D eigenvalue weighted by Crippen LogP contribution is 2.37. The number of benzene rings is 2. The van der Waals surface area contributed by atoms with E-state index in [0.29, 0.717) is 0 Å². The SMILES string of the molecule is CC1OC(c2ccccc2)OC(c2ccc(N)cc2)C1N. The van der Waals surface area contributed by atoms with E-state index in [1.807, 2.05) is 61.5 Å². The molecule has 3 rings (SSSR count). The van der Waals surface area contributed by atoms with E-state index in [0.717, 1.165) is 16.8 Å². The van der Waals surface area contributed by atoms with Crippen molar-refractivity contribution in [2.75, 3.05) is 5.73 Å². The summed E-state index contributed by atoms with van der Waals surface area (Å²) in [6, 6.07) is 17.3. The molecule has 4 heteroatoms. The molecule has 1 fully saturated rings. The third kappa shape index (κ3) is 2.93. The third-order valence-electron chi connectivity index (χ3n) is 3.84. The first-order valence-corrected chi connectivity index (χ1v) is 7.12. The highest BCUT2D eigenvalue weighted by Gasteiger charge is 2.36.